The van der Waals surface area contributed by atoms with E-state index in [-0.39, 0.29) is 24.2 Å². The number of hydrogen-bond acceptors (Lipinski definition) is 5. The SMILES string of the molecule is CC(C)NC(=O)O[C@@H]1CC[C@H](c2cnc3[nH]c(-c4ccnn4C)cc3n2)C1. The van der Waals surface area contributed by atoms with Gasteiger partial charge in [0.1, 0.15) is 11.6 Å². The fourth-order valence-electron chi connectivity index (χ4n) is 3.62. The Morgan fingerprint density at radius 1 is 1.41 bits per heavy atom. The molecule has 1 fully saturated rings. The van der Waals surface area contributed by atoms with Crippen LogP contribution >= 0.6 is 0 Å². The number of carbonyl (C=O) groups is 1. The number of nitrogens with one attached hydrogen (secondary N) is 2. The van der Waals surface area contributed by atoms with Crippen LogP contribution in [0.5, 0.6) is 0 Å². The fourth-order valence-corrected chi connectivity index (χ4v) is 3.62. The number of aryl methyl sites for hydroxylation is 1. The number of carbonyl (C=O) groups excluding carboxylic acids is 1. The topological polar surface area (TPSA) is 97.7 Å². The highest BCUT2D eigenvalue weighted by Gasteiger charge is 2.30. The first-order valence-electron chi connectivity index (χ1n) is 9.31. The van der Waals surface area contributed by atoms with Crippen LogP contribution in [0.2, 0.25) is 0 Å². The molecule has 8 nitrogen and oxygen atoms in total. The first-order chi connectivity index (χ1) is 13.0. The van der Waals surface area contributed by atoms with Crippen molar-refractivity contribution < 1.29 is 9.53 Å². The second-order valence-electron chi connectivity index (χ2n) is 7.39. The molecule has 0 saturated heterocycles. The molecule has 0 unspecified atom stereocenters. The third-order valence-corrected chi connectivity index (χ3v) is 4.93. The summed E-state index contributed by atoms with van der Waals surface area (Å²) in [6, 6.07) is 4.03. The van der Waals surface area contributed by atoms with E-state index in [2.05, 4.69) is 20.4 Å². The molecule has 0 aliphatic heterocycles. The minimum atomic E-state index is -0.344. The molecule has 0 aromatic carbocycles. The van der Waals surface area contributed by atoms with Gasteiger partial charge in [-0.05, 0) is 45.2 Å². The molecule has 2 atom stereocenters. The zero-order chi connectivity index (χ0) is 19.0. The molecule has 2 N–H and O–H groups in total. The van der Waals surface area contributed by atoms with Crippen LogP contribution in [0.1, 0.15) is 44.7 Å². The number of rotatable bonds is 4. The summed E-state index contributed by atoms with van der Waals surface area (Å²) < 4.78 is 7.33. The van der Waals surface area contributed by atoms with Crippen LogP contribution in [0.3, 0.4) is 0 Å². The molecule has 1 amide bonds. The molecule has 4 rings (SSSR count). The number of alkyl carbamates (subject to hydrolysis) is 1. The van der Waals surface area contributed by atoms with Gasteiger partial charge >= 0.3 is 6.09 Å². The van der Waals surface area contributed by atoms with Gasteiger partial charge < -0.3 is 15.0 Å². The Morgan fingerprint density at radius 2 is 2.26 bits per heavy atom. The molecule has 3 heterocycles. The Bertz CT molecular complexity index is 960. The van der Waals surface area contributed by atoms with Crippen LogP contribution in [0, 0.1) is 0 Å². The molecule has 142 valence electrons. The number of ether oxygens (including phenoxy) is 1. The number of amides is 1. The van der Waals surface area contributed by atoms with Crippen molar-refractivity contribution in [3.05, 3.63) is 30.2 Å². The van der Waals surface area contributed by atoms with Crippen molar-refractivity contribution in [1.82, 2.24) is 30.0 Å². The molecule has 3 aromatic rings. The third-order valence-electron chi connectivity index (χ3n) is 4.93. The predicted octanol–water partition coefficient (Wildman–Crippen LogP) is 3.13. The zero-order valence-electron chi connectivity index (χ0n) is 15.8. The lowest BCUT2D eigenvalue weighted by Crippen LogP contribution is -2.33. The summed E-state index contributed by atoms with van der Waals surface area (Å²) in [5.41, 5.74) is 4.48. The van der Waals surface area contributed by atoms with Gasteiger partial charge in [-0.1, -0.05) is 0 Å². The zero-order valence-corrected chi connectivity index (χ0v) is 15.8. The largest absolute Gasteiger partial charge is 0.446 e. The molecule has 8 heteroatoms. The van der Waals surface area contributed by atoms with Crippen molar-refractivity contribution in [3.8, 4) is 11.4 Å². The summed E-state index contributed by atoms with van der Waals surface area (Å²) in [5, 5.41) is 6.97. The van der Waals surface area contributed by atoms with E-state index in [4.69, 9.17) is 9.72 Å². The number of fused-ring (bicyclic) bond motifs is 1. The maximum absolute atomic E-state index is 11.8. The van der Waals surface area contributed by atoms with Gasteiger partial charge in [0.05, 0.1) is 23.3 Å². The lowest BCUT2D eigenvalue weighted by molar-refractivity contribution is 0.0981. The quantitative estimate of drug-likeness (QED) is 0.737. The van der Waals surface area contributed by atoms with E-state index < -0.39 is 0 Å². The second-order valence-corrected chi connectivity index (χ2v) is 7.39. The summed E-state index contributed by atoms with van der Waals surface area (Å²) in [6.45, 7) is 3.83. The van der Waals surface area contributed by atoms with Crippen molar-refractivity contribution in [2.24, 2.45) is 7.05 Å². The fraction of sp³-hybridized carbons (Fsp3) is 0.474. The van der Waals surface area contributed by atoms with Crippen molar-refractivity contribution in [2.45, 2.75) is 51.2 Å². The third kappa shape index (κ3) is 3.65. The molecule has 27 heavy (non-hydrogen) atoms. The van der Waals surface area contributed by atoms with E-state index in [0.29, 0.717) is 0 Å². The lowest BCUT2D eigenvalue weighted by atomic mass is 10.0. The summed E-state index contributed by atoms with van der Waals surface area (Å²) in [4.78, 5) is 24.4. The normalized spacial score (nSPS) is 19.7. The average molecular weight is 368 g/mol. The van der Waals surface area contributed by atoms with E-state index in [1.165, 1.54) is 0 Å². The Labute approximate surface area is 157 Å². The standard InChI is InChI=1S/C19H24N6O2/c1-11(2)22-19(26)27-13-5-4-12(8-13)16-10-20-18-15(23-16)9-14(24-18)17-6-7-21-25(17)3/h6-7,9-13H,4-5,8H2,1-3H3,(H,20,24)(H,22,26)/t12-,13+/m0/s1. The Balaban J connectivity index is 1.48. The number of aromatic amines is 1. The molecule has 0 radical (unpaired) electrons. The van der Waals surface area contributed by atoms with Crippen LogP contribution < -0.4 is 5.32 Å². The molecular formula is C19H24N6O2. The molecular weight excluding hydrogens is 344 g/mol. The summed E-state index contributed by atoms with van der Waals surface area (Å²) in [6.07, 6.45) is 5.76. The predicted molar refractivity (Wildman–Crippen MR) is 101 cm³/mol. The van der Waals surface area contributed by atoms with Crippen LogP contribution in [0.4, 0.5) is 4.79 Å². The van der Waals surface area contributed by atoms with E-state index in [1.807, 2.05) is 43.9 Å². The highest BCUT2D eigenvalue weighted by molar-refractivity contribution is 5.78. The Hall–Kier alpha value is -2.90. The van der Waals surface area contributed by atoms with Gasteiger partial charge in [0.15, 0.2) is 5.65 Å². The first-order valence-corrected chi connectivity index (χ1v) is 9.31. The molecule has 1 saturated carbocycles. The Kier molecular flexibility index (Phi) is 4.55. The van der Waals surface area contributed by atoms with Crippen molar-refractivity contribution >= 4 is 17.3 Å². The maximum atomic E-state index is 11.8. The number of H-pyrrole nitrogens is 1. The van der Waals surface area contributed by atoms with Gasteiger partial charge in [-0.15, -0.1) is 0 Å². The van der Waals surface area contributed by atoms with Crippen LogP contribution in [0.25, 0.3) is 22.6 Å². The average Bonchev–Trinajstić information content (AvgIpc) is 3.31. The minimum Gasteiger partial charge on any atom is -0.446 e. The van der Waals surface area contributed by atoms with Gasteiger partial charge in [0, 0.05) is 25.2 Å². The van der Waals surface area contributed by atoms with Crippen molar-refractivity contribution in [3.63, 3.8) is 0 Å². The first kappa shape index (κ1) is 17.5. The summed E-state index contributed by atoms with van der Waals surface area (Å²) in [7, 11) is 1.90. The van der Waals surface area contributed by atoms with Crippen LogP contribution in [-0.2, 0) is 11.8 Å². The van der Waals surface area contributed by atoms with Gasteiger partial charge in [0.2, 0.25) is 0 Å². The highest BCUT2D eigenvalue weighted by Crippen LogP contribution is 2.35. The lowest BCUT2D eigenvalue weighted by Gasteiger charge is -2.14. The van der Waals surface area contributed by atoms with Gasteiger partial charge in [-0.25, -0.2) is 14.8 Å². The summed E-state index contributed by atoms with van der Waals surface area (Å²) in [5.74, 6) is 0.258. The number of aromatic nitrogens is 5. The second kappa shape index (κ2) is 7.02. The molecule has 1 aliphatic rings. The van der Waals surface area contributed by atoms with Gasteiger partial charge in [0.25, 0.3) is 0 Å². The maximum Gasteiger partial charge on any atom is 0.407 e. The van der Waals surface area contributed by atoms with Crippen molar-refractivity contribution in [1.29, 1.82) is 0 Å². The van der Waals surface area contributed by atoms with Crippen LogP contribution in [0.15, 0.2) is 24.5 Å². The van der Waals surface area contributed by atoms with Gasteiger partial charge in [-0.2, -0.15) is 5.10 Å². The Morgan fingerprint density at radius 3 is 3.00 bits per heavy atom. The van der Waals surface area contributed by atoms with Crippen molar-refractivity contribution in [2.75, 3.05) is 0 Å². The molecule has 0 bridgehead atoms. The van der Waals surface area contributed by atoms with E-state index in [1.54, 1.807) is 6.20 Å². The van der Waals surface area contributed by atoms with Crippen LogP contribution in [-0.4, -0.2) is 43.0 Å². The smallest absolute Gasteiger partial charge is 0.407 e. The highest BCUT2D eigenvalue weighted by atomic mass is 16.6. The monoisotopic (exact) mass is 368 g/mol. The van der Waals surface area contributed by atoms with Gasteiger partial charge in [-0.3, -0.25) is 4.68 Å². The number of nitrogens with zero attached hydrogens (tertiary/aromatic N) is 4. The molecule has 1 aliphatic carbocycles. The van der Waals surface area contributed by atoms with E-state index in [0.717, 1.165) is 47.5 Å². The van der Waals surface area contributed by atoms with E-state index >= 15 is 0 Å². The minimum absolute atomic E-state index is 0.0672. The van der Waals surface area contributed by atoms with E-state index in [9.17, 15) is 4.79 Å². The summed E-state index contributed by atoms with van der Waals surface area (Å²) >= 11 is 0. The number of hydrogen-bond donors (Lipinski definition) is 2. The molecule has 0 spiro atoms. The molecule has 3 aromatic heterocycles.